The van der Waals surface area contributed by atoms with Crippen molar-refractivity contribution in [1.29, 1.82) is 0 Å². The lowest BCUT2D eigenvalue weighted by Crippen LogP contribution is -2.18. The van der Waals surface area contributed by atoms with Gasteiger partial charge in [-0.05, 0) is 12.1 Å². The van der Waals surface area contributed by atoms with Crippen molar-refractivity contribution < 1.29 is 9.52 Å². The van der Waals surface area contributed by atoms with E-state index in [-0.39, 0.29) is 6.61 Å². The van der Waals surface area contributed by atoms with Crippen LogP contribution in [0.3, 0.4) is 0 Å². The molecule has 17 heavy (non-hydrogen) atoms. The highest BCUT2D eigenvalue weighted by atomic mass is 35.5. The molecule has 90 valence electrons. The number of hydrogen-bond donors (Lipinski definition) is 1. The number of nitrogens with zero attached hydrogens (tertiary/aromatic N) is 1. The number of aliphatic hydroxyl groups is 1. The van der Waals surface area contributed by atoms with Crippen LogP contribution < -0.4 is 4.90 Å². The summed E-state index contributed by atoms with van der Waals surface area (Å²) < 4.78 is 5.03. The molecule has 0 aliphatic heterocycles. The number of hydrogen-bond acceptors (Lipinski definition) is 3. The van der Waals surface area contributed by atoms with Crippen LogP contribution in [0.1, 0.15) is 11.1 Å². The van der Waals surface area contributed by atoms with E-state index in [1.54, 1.807) is 12.5 Å². The molecule has 0 unspecified atom stereocenters. The molecule has 0 saturated heterocycles. The highest BCUT2D eigenvalue weighted by Gasteiger charge is 2.11. The van der Waals surface area contributed by atoms with Gasteiger partial charge in [-0.2, -0.15) is 0 Å². The highest BCUT2D eigenvalue weighted by Crippen LogP contribution is 2.30. The maximum atomic E-state index is 9.31. The number of furan rings is 1. The largest absolute Gasteiger partial charge is 0.472 e. The maximum Gasteiger partial charge on any atom is 0.0952 e. The molecule has 0 amide bonds. The van der Waals surface area contributed by atoms with Crippen LogP contribution in [0.25, 0.3) is 0 Å². The number of para-hydroxylation sites is 1. The molecule has 0 spiro atoms. The summed E-state index contributed by atoms with van der Waals surface area (Å²) in [6, 6.07) is 7.43. The summed E-state index contributed by atoms with van der Waals surface area (Å²) in [5.41, 5.74) is 2.75. The SMILES string of the molecule is CN(Cc1ccoc1)c1c(Cl)cccc1CO. The third kappa shape index (κ3) is 2.62. The lowest BCUT2D eigenvalue weighted by Gasteiger charge is -2.22. The highest BCUT2D eigenvalue weighted by molar-refractivity contribution is 6.33. The summed E-state index contributed by atoms with van der Waals surface area (Å²) >= 11 is 6.17. The van der Waals surface area contributed by atoms with Crippen molar-refractivity contribution in [2.24, 2.45) is 0 Å². The van der Waals surface area contributed by atoms with Crippen molar-refractivity contribution in [3.8, 4) is 0 Å². The molecule has 0 bridgehead atoms. The topological polar surface area (TPSA) is 36.6 Å². The number of halogens is 1. The van der Waals surface area contributed by atoms with Gasteiger partial charge in [0.05, 0.1) is 29.8 Å². The van der Waals surface area contributed by atoms with Gasteiger partial charge < -0.3 is 14.4 Å². The molecule has 0 radical (unpaired) electrons. The van der Waals surface area contributed by atoms with Crippen LogP contribution in [0.5, 0.6) is 0 Å². The summed E-state index contributed by atoms with van der Waals surface area (Å²) in [5, 5.41) is 9.96. The second kappa shape index (κ2) is 5.25. The van der Waals surface area contributed by atoms with Gasteiger partial charge in [-0.25, -0.2) is 0 Å². The van der Waals surface area contributed by atoms with E-state index >= 15 is 0 Å². The van der Waals surface area contributed by atoms with Crippen LogP contribution in [0, 0.1) is 0 Å². The summed E-state index contributed by atoms with van der Waals surface area (Å²) in [7, 11) is 1.94. The second-order valence-corrected chi connectivity index (χ2v) is 4.30. The first-order valence-corrected chi connectivity index (χ1v) is 5.70. The molecule has 0 fully saturated rings. The van der Waals surface area contributed by atoms with E-state index < -0.39 is 0 Å². The minimum absolute atomic E-state index is 0.0222. The van der Waals surface area contributed by atoms with Gasteiger partial charge in [-0.15, -0.1) is 0 Å². The van der Waals surface area contributed by atoms with Crippen molar-refractivity contribution in [1.82, 2.24) is 0 Å². The molecule has 1 N–H and O–H groups in total. The van der Waals surface area contributed by atoms with Crippen molar-refractivity contribution in [2.75, 3.05) is 11.9 Å². The normalized spacial score (nSPS) is 10.5. The van der Waals surface area contributed by atoms with Crippen LogP contribution in [0.2, 0.25) is 5.02 Å². The molecule has 4 heteroatoms. The number of anilines is 1. The van der Waals surface area contributed by atoms with Crippen LogP contribution in [-0.2, 0) is 13.2 Å². The van der Waals surface area contributed by atoms with Crippen LogP contribution in [0.4, 0.5) is 5.69 Å². The third-order valence-corrected chi connectivity index (χ3v) is 2.93. The summed E-state index contributed by atoms with van der Waals surface area (Å²) in [6.45, 7) is 0.666. The molecule has 1 aromatic carbocycles. The average molecular weight is 252 g/mol. The Bertz CT molecular complexity index is 482. The molecule has 0 saturated carbocycles. The van der Waals surface area contributed by atoms with Gasteiger partial charge in [0.25, 0.3) is 0 Å². The van der Waals surface area contributed by atoms with Gasteiger partial charge in [0, 0.05) is 24.7 Å². The first kappa shape index (κ1) is 12.0. The minimum Gasteiger partial charge on any atom is -0.472 e. The number of rotatable bonds is 4. The van der Waals surface area contributed by atoms with Crippen molar-refractivity contribution in [2.45, 2.75) is 13.2 Å². The average Bonchev–Trinajstić information content (AvgIpc) is 2.81. The Morgan fingerprint density at radius 2 is 2.18 bits per heavy atom. The van der Waals surface area contributed by atoms with E-state index in [2.05, 4.69) is 0 Å². The van der Waals surface area contributed by atoms with Crippen LogP contribution >= 0.6 is 11.6 Å². The Hall–Kier alpha value is -1.45. The van der Waals surface area contributed by atoms with Gasteiger partial charge in [0.1, 0.15) is 0 Å². The quantitative estimate of drug-likeness (QED) is 0.907. The lowest BCUT2D eigenvalue weighted by atomic mass is 10.1. The third-order valence-electron chi connectivity index (χ3n) is 2.62. The van der Waals surface area contributed by atoms with E-state index in [0.717, 1.165) is 16.8 Å². The predicted octanol–water partition coefficient (Wildman–Crippen LogP) is 3.06. The predicted molar refractivity (Wildman–Crippen MR) is 68.2 cm³/mol. The molecule has 2 rings (SSSR count). The molecule has 2 aromatic rings. The first-order valence-electron chi connectivity index (χ1n) is 5.33. The summed E-state index contributed by atoms with van der Waals surface area (Å²) in [4.78, 5) is 2.00. The number of aliphatic hydroxyl groups excluding tert-OH is 1. The molecule has 3 nitrogen and oxygen atoms in total. The fourth-order valence-corrected chi connectivity index (χ4v) is 2.19. The Morgan fingerprint density at radius 3 is 2.82 bits per heavy atom. The molecular formula is C13H14ClNO2. The Kier molecular flexibility index (Phi) is 3.71. The molecule has 0 aliphatic rings. The summed E-state index contributed by atoms with van der Waals surface area (Å²) in [5.74, 6) is 0. The van der Waals surface area contributed by atoms with Gasteiger partial charge in [-0.1, -0.05) is 23.7 Å². The lowest BCUT2D eigenvalue weighted by molar-refractivity contribution is 0.282. The van der Waals surface area contributed by atoms with Gasteiger partial charge in [-0.3, -0.25) is 0 Å². The first-order chi connectivity index (χ1) is 8.22. The van der Waals surface area contributed by atoms with E-state index in [4.69, 9.17) is 16.0 Å². The van der Waals surface area contributed by atoms with Gasteiger partial charge >= 0.3 is 0 Å². The summed E-state index contributed by atoms with van der Waals surface area (Å²) in [6.07, 6.45) is 3.34. The Labute approximate surface area is 105 Å². The van der Waals surface area contributed by atoms with Crippen LogP contribution in [-0.4, -0.2) is 12.2 Å². The fraction of sp³-hybridized carbons (Fsp3) is 0.231. The van der Waals surface area contributed by atoms with Crippen LogP contribution in [0.15, 0.2) is 41.2 Å². The Balaban J connectivity index is 2.26. The molecule has 0 aliphatic carbocycles. The zero-order valence-corrected chi connectivity index (χ0v) is 10.3. The fourth-order valence-electron chi connectivity index (χ4n) is 1.85. The number of benzene rings is 1. The van der Waals surface area contributed by atoms with E-state index in [1.807, 2.05) is 36.2 Å². The minimum atomic E-state index is -0.0222. The zero-order valence-electron chi connectivity index (χ0n) is 9.56. The monoisotopic (exact) mass is 251 g/mol. The van der Waals surface area contributed by atoms with Crippen molar-refractivity contribution in [3.63, 3.8) is 0 Å². The standard InChI is InChI=1S/C13H14ClNO2/c1-15(7-10-5-6-17-9-10)13-11(8-16)3-2-4-12(13)14/h2-6,9,16H,7-8H2,1H3. The maximum absolute atomic E-state index is 9.31. The Morgan fingerprint density at radius 1 is 1.35 bits per heavy atom. The molecule has 1 aromatic heterocycles. The molecule has 0 atom stereocenters. The molecule has 1 heterocycles. The smallest absolute Gasteiger partial charge is 0.0952 e. The van der Waals surface area contributed by atoms with Crippen molar-refractivity contribution >= 4 is 17.3 Å². The van der Waals surface area contributed by atoms with Crippen molar-refractivity contribution in [3.05, 3.63) is 52.9 Å². The molecular weight excluding hydrogens is 238 g/mol. The van der Waals surface area contributed by atoms with E-state index in [1.165, 1.54) is 0 Å². The van der Waals surface area contributed by atoms with Gasteiger partial charge in [0.15, 0.2) is 0 Å². The second-order valence-electron chi connectivity index (χ2n) is 3.89. The van der Waals surface area contributed by atoms with E-state index in [9.17, 15) is 5.11 Å². The van der Waals surface area contributed by atoms with Gasteiger partial charge in [0.2, 0.25) is 0 Å². The zero-order chi connectivity index (χ0) is 12.3. The van der Waals surface area contributed by atoms with E-state index in [0.29, 0.717) is 11.6 Å².